The number of aryl methyl sites for hydroxylation is 2. The number of H-pyrrole nitrogens is 2. The van der Waals surface area contributed by atoms with Gasteiger partial charge in [0, 0.05) is 47.0 Å². The first-order valence-electron chi connectivity index (χ1n) is 16.6. The molecule has 0 saturated carbocycles. The van der Waals surface area contributed by atoms with Gasteiger partial charge in [-0.3, -0.25) is 4.79 Å². The molecule has 3 aromatic carbocycles. The average molecular weight is 702 g/mol. The summed E-state index contributed by atoms with van der Waals surface area (Å²) in [6.07, 6.45) is 2.99. The molecule has 0 unspecified atom stereocenters. The maximum Gasteiger partial charge on any atom is 0.490 e. The van der Waals surface area contributed by atoms with Gasteiger partial charge >= 0.3 is 12.1 Å². The minimum absolute atomic E-state index is 0.00619. The van der Waals surface area contributed by atoms with E-state index in [1.54, 1.807) is 7.11 Å². The normalized spacial score (nSPS) is 15.0. The number of carboxylic acids is 1. The van der Waals surface area contributed by atoms with Crippen LogP contribution in [-0.2, 0) is 35.4 Å². The molecule has 14 heteroatoms. The van der Waals surface area contributed by atoms with Crippen LogP contribution >= 0.6 is 0 Å². The number of methoxy groups -OCH3 is 1. The number of hydrogen-bond acceptors (Lipinski definition) is 6. The van der Waals surface area contributed by atoms with Gasteiger partial charge in [0.05, 0.1) is 25.7 Å². The van der Waals surface area contributed by atoms with E-state index < -0.39 is 12.1 Å². The molecule has 5 N–H and O–H groups in total. The number of aromatic nitrogens is 5. The maximum atomic E-state index is 13.5. The summed E-state index contributed by atoms with van der Waals surface area (Å²) < 4.78 is 39.3. The van der Waals surface area contributed by atoms with E-state index in [0.717, 1.165) is 70.8 Å². The first-order chi connectivity index (χ1) is 24.6. The third-order valence-electron chi connectivity index (χ3n) is 9.00. The van der Waals surface area contributed by atoms with Crippen molar-refractivity contribution in [2.24, 2.45) is 0 Å². The number of halogens is 3. The summed E-state index contributed by atoms with van der Waals surface area (Å²) >= 11 is 0. The number of aliphatic carboxylic acids is 1. The number of carbonyl (C=O) groups is 2. The second-order valence-corrected chi connectivity index (χ2v) is 12.3. The molecule has 1 aliphatic heterocycles. The topological polar surface area (TPSA) is 150 Å². The van der Waals surface area contributed by atoms with Crippen LogP contribution in [-0.4, -0.2) is 67.6 Å². The highest BCUT2D eigenvalue weighted by Crippen LogP contribution is 2.27. The van der Waals surface area contributed by atoms with Crippen LogP contribution in [0.2, 0.25) is 0 Å². The van der Waals surface area contributed by atoms with Crippen molar-refractivity contribution in [3.63, 3.8) is 0 Å². The molecule has 6 aromatic rings. The lowest BCUT2D eigenvalue weighted by Crippen LogP contribution is -2.43. The van der Waals surface area contributed by atoms with Crippen molar-refractivity contribution in [2.45, 2.75) is 56.9 Å². The van der Waals surface area contributed by atoms with Crippen molar-refractivity contribution in [1.82, 2.24) is 35.4 Å². The number of alkyl halides is 3. The molecular formula is C37H38F3N7O4. The highest BCUT2D eigenvalue weighted by molar-refractivity contribution is 5.85. The molecule has 11 nitrogen and oxygen atoms in total. The summed E-state index contributed by atoms with van der Waals surface area (Å²) in [7, 11) is 1.67. The molecule has 0 bridgehead atoms. The summed E-state index contributed by atoms with van der Waals surface area (Å²) in [5.41, 5.74) is 5.69. The Kier molecular flexibility index (Phi) is 10.7. The number of carbonyl (C=O) groups excluding carboxylic acids is 1. The summed E-state index contributed by atoms with van der Waals surface area (Å²) in [5, 5.41) is 25.7. The van der Waals surface area contributed by atoms with Gasteiger partial charge in [0.15, 0.2) is 5.82 Å². The van der Waals surface area contributed by atoms with Crippen molar-refractivity contribution < 1.29 is 32.6 Å². The zero-order valence-electron chi connectivity index (χ0n) is 27.8. The average Bonchev–Trinajstić information content (AvgIpc) is 3.95. The van der Waals surface area contributed by atoms with E-state index in [4.69, 9.17) is 24.8 Å². The Bertz CT molecular complexity index is 2100. The van der Waals surface area contributed by atoms with E-state index in [9.17, 15) is 18.0 Å². The zero-order chi connectivity index (χ0) is 36.0. The molecule has 0 radical (unpaired) electrons. The van der Waals surface area contributed by atoms with Crippen molar-refractivity contribution in [2.75, 3.05) is 13.7 Å². The molecule has 1 aliphatic rings. The Morgan fingerprint density at radius 2 is 1.57 bits per heavy atom. The molecule has 7 rings (SSSR count). The Morgan fingerprint density at radius 1 is 0.941 bits per heavy atom. The highest BCUT2D eigenvalue weighted by atomic mass is 19.4. The fraction of sp³-hybridized carbons (Fsp3) is 0.297. The van der Waals surface area contributed by atoms with Crippen LogP contribution in [0.5, 0.6) is 5.75 Å². The van der Waals surface area contributed by atoms with Gasteiger partial charge < -0.3 is 35.0 Å². The van der Waals surface area contributed by atoms with Crippen LogP contribution < -0.4 is 15.4 Å². The van der Waals surface area contributed by atoms with E-state index >= 15 is 0 Å². The molecule has 2 atom stereocenters. The SMILES string of the molecule is COc1ccc(Cn2c(CCc3c[nH]c4ccccc34)nnc2[C@@H](Cc2c[nH]c3ccccc23)NC(=O)[C@@H]2CCCN2)cc1.O=C(O)C(F)(F)F. The third kappa shape index (κ3) is 8.40. The highest BCUT2D eigenvalue weighted by Gasteiger charge is 2.38. The number of carboxylic acid groups (broad SMARTS) is 1. The van der Waals surface area contributed by atoms with Crippen LogP contribution in [0, 0.1) is 0 Å². The monoisotopic (exact) mass is 701 g/mol. The minimum Gasteiger partial charge on any atom is -0.497 e. The Labute approximate surface area is 291 Å². The lowest BCUT2D eigenvalue weighted by Gasteiger charge is -2.22. The van der Waals surface area contributed by atoms with Gasteiger partial charge in [0.1, 0.15) is 11.6 Å². The van der Waals surface area contributed by atoms with Gasteiger partial charge in [-0.25, -0.2) is 4.79 Å². The summed E-state index contributed by atoms with van der Waals surface area (Å²) in [6.45, 7) is 1.44. The lowest BCUT2D eigenvalue weighted by molar-refractivity contribution is -0.192. The molecule has 3 aromatic heterocycles. The zero-order valence-corrected chi connectivity index (χ0v) is 27.8. The predicted molar refractivity (Wildman–Crippen MR) is 185 cm³/mol. The van der Waals surface area contributed by atoms with Crippen LogP contribution in [0.3, 0.4) is 0 Å². The van der Waals surface area contributed by atoms with Crippen molar-refractivity contribution in [1.29, 1.82) is 0 Å². The lowest BCUT2D eigenvalue weighted by atomic mass is 10.0. The largest absolute Gasteiger partial charge is 0.497 e. The number of ether oxygens (including phenoxy) is 1. The molecule has 4 heterocycles. The molecule has 1 fully saturated rings. The number of nitrogens with zero attached hydrogens (tertiary/aromatic N) is 3. The maximum absolute atomic E-state index is 13.5. The van der Waals surface area contributed by atoms with Crippen molar-refractivity contribution >= 4 is 33.7 Å². The molecule has 0 aliphatic carbocycles. The van der Waals surface area contributed by atoms with Crippen LogP contribution in [0.25, 0.3) is 21.8 Å². The van der Waals surface area contributed by atoms with E-state index in [-0.39, 0.29) is 18.0 Å². The molecule has 1 saturated heterocycles. The summed E-state index contributed by atoms with van der Waals surface area (Å²) in [4.78, 5) is 29.2. The molecule has 1 amide bonds. The number of para-hydroxylation sites is 2. The molecule has 51 heavy (non-hydrogen) atoms. The van der Waals surface area contributed by atoms with E-state index in [2.05, 4.69) is 73.8 Å². The Morgan fingerprint density at radius 3 is 2.18 bits per heavy atom. The predicted octanol–water partition coefficient (Wildman–Crippen LogP) is 5.87. The molecule has 0 spiro atoms. The number of rotatable bonds is 11. The number of aromatic amines is 2. The van der Waals surface area contributed by atoms with Gasteiger partial charge in [-0.05, 0) is 66.8 Å². The van der Waals surface area contributed by atoms with Gasteiger partial charge in [-0.1, -0.05) is 48.5 Å². The van der Waals surface area contributed by atoms with Gasteiger partial charge in [-0.15, -0.1) is 10.2 Å². The fourth-order valence-electron chi connectivity index (χ4n) is 6.37. The minimum atomic E-state index is -5.08. The number of benzene rings is 3. The van der Waals surface area contributed by atoms with Gasteiger partial charge in [0.25, 0.3) is 0 Å². The van der Waals surface area contributed by atoms with E-state index in [1.165, 1.54) is 10.9 Å². The van der Waals surface area contributed by atoms with Crippen LogP contribution in [0.4, 0.5) is 13.2 Å². The van der Waals surface area contributed by atoms with Gasteiger partial charge in [-0.2, -0.15) is 13.2 Å². The number of hydrogen-bond donors (Lipinski definition) is 5. The first kappa shape index (κ1) is 35.2. The second kappa shape index (κ2) is 15.5. The van der Waals surface area contributed by atoms with Gasteiger partial charge in [0.2, 0.25) is 5.91 Å². The molecular weight excluding hydrogens is 663 g/mol. The summed E-state index contributed by atoms with van der Waals surface area (Å²) in [5.74, 6) is -0.297. The smallest absolute Gasteiger partial charge is 0.490 e. The molecule has 266 valence electrons. The Hall–Kier alpha value is -5.63. The number of nitrogens with one attached hydrogen (secondary N) is 4. The second-order valence-electron chi connectivity index (χ2n) is 12.3. The van der Waals surface area contributed by atoms with Crippen molar-refractivity contribution in [3.8, 4) is 5.75 Å². The van der Waals surface area contributed by atoms with Crippen LogP contribution in [0.1, 0.15) is 47.2 Å². The quantitative estimate of drug-likeness (QED) is 0.113. The summed E-state index contributed by atoms with van der Waals surface area (Å²) in [6, 6.07) is 24.2. The van der Waals surface area contributed by atoms with Crippen molar-refractivity contribution in [3.05, 3.63) is 114 Å². The van der Waals surface area contributed by atoms with E-state index in [0.29, 0.717) is 19.4 Å². The first-order valence-corrected chi connectivity index (χ1v) is 16.6. The number of amides is 1. The van der Waals surface area contributed by atoms with E-state index in [1.807, 2.05) is 36.5 Å². The Balaban J connectivity index is 0.000000582. The standard InChI is InChI=1S/C35H37N7O2.C2HF3O2/c1-44-26-15-12-23(13-16-26)22-42-33(17-14-24-20-37-29-9-4-2-7-27(24)29)40-41-34(42)32(39-35(43)31-11-6-18-36-31)19-25-21-38-30-10-5-3-8-28(25)30;3-2(4,5)1(6)7/h2-5,7-10,12-13,15-16,20-21,31-32,36-38H,6,11,14,17-19,22H2,1H3,(H,39,43);(H,6,7)/t31-,32+;/m0./s1. The van der Waals surface area contributed by atoms with Crippen LogP contribution in [0.15, 0.2) is 85.2 Å². The fourth-order valence-corrected chi connectivity index (χ4v) is 6.37. The third-order valence-corrected chi connectivity index (χ3v) is 9.00. The number of fused-ring (bicyclic) bond motifs is 2.